The quantitative estimate of drug-likeness (QED) is 0.835. The molecule has 1 atom stereocenters. The zero-order chi connectivity index (χ0) is 17.4. The van der Waals surface area contributed by atoms with Gasteiger partial charge in [0.05, 0.1) is 6.42 Å². The molecule has 0 aliphatic carbocycles. The Labute approximate surface area is 150 Å². The third-order valence-electron chi connectivity index (χ3n) is 4.80. The highest BCUT2D eigenvalue weighted by Crippen LogP contribution is 2.37. The van der Waals surface area contributed by atoms with E-state index in [1.54, 1.807) is 11.0 Å². The van der Waals surface area contributed by atoms with Gasteiger partial charge in [-0.05, 0) is 36.2 Å². The molecule has 0 bridgehead atoms. The van der Waals surface area contributed by atoms with Crippen molar-refractivity contribution >= 4 is 17.5 Å². The lowest BCUT2D eigenvalue weighted by molar-refractivity contribution is -0.129. The van der Waals surface area contributed by atoms with Crippen LogP contribution in [0.4, 0.5) is 4.39 Å². The molecule has 1 amide bonds. The monoisotopic (exact) mass is 361 g/mol. The van der Waals surface area contributed by atoms with Crippen LogP contribution in [0.3, 0.4) is 0 Å². The molecule has 0 spiro atoms. The maximum atomic E-state index is 13.9. The highest BCUT2D eigenvalue weighted by Gasteiger charge is 2.29. The number of fused-ring (bicyclic) bond motifs is 1. The minimum atomic E-state index is -0.438. The topological polar surface area (TPSA) is 38.8 Å². The zero-order valence-electron chi connectivity index (χ0n) is 13.5. The number of carbonyl (C=O) groups excluding carboxylic acids is 1. The molecule has 6 heteroatoms. The van der Waals surface area contributed by atoms with Gasteiger partial charge < -0.3 is 14.4 Å². The molecule has 1 unspecified atom stereocenters. The Bertz CT molecular complexity index is 806. The lowest BCUT2D eigenvalue weighted by Crippen LogP contribution is -2.30. The van der Waals surface area contributed by atoms with Crippen molar-refractivity contribution in [3.8, 4) is 11.5 Å². The van der Waals surface area contributed by atoms with E-state index in [2.05, 4.69) is 0 Å². The van der Waals surface area contributed by atoms with Crippen LogP contribution < -0.4 is 9.47 Å². The van der Waals surface area contributed by atoms with E-state index in [0.717, 1.165) is 23.5 Å². The number of amides is 1. The third-order valence-corrected chi connectivity index (χ3v) is 5.15. The van der Waals surface area contributed by atoms with Crippen molar-refractivity contribution in [3.63, 3.8) is 0 Å². The highest BCUT2D eigenvalue weighted by atomic mass is 35.5. The van der Waals surface area contributed by atoms with E-state index in [-0.39, 0.29) is 30.6 Å². The van der Waals surface area contributed by atoms with Crippen molar-refractivity contribution in [2.75, 3.05) is 19.9 Å². The van der Waals surface area contributed by atoms with E-state index < -0.39 is 5.82 Å². The van der Waals surface area contributed by atoms with Crippen molar-refractivity contribution in [2.45, 2.75) is 18.8 Å². The van der Waals surface area contributed by atoms with Crippen LogP contribution in [-0.4, -0.2) is 30.7 Å². The fraction of sp³-hybridized carbons (Fsp3) is 0.316. The molecule has 2 aromatic carbocycles. The summed E-state index contributed by atoms with van der Waals surface area (Å²) >= 11 is 6.02. The lowest BCUT2D eigenvalue weighted by atomic mass is 9.98. The number of likely N-dealkylation sites (tertiary alicyclic amines) is 1. The molecule has 4 nitrogen and oxygen atoms in total. The summed E-state index contributed by atoms with van der Waals surface area (Å²) in [7, 11) is 0. The minimum absolute atomic E-state index is 0.0145. The molecule has 0 N–H and O–H groups in total. The van der Waals surface area contributed by atoms with Gasteiger partial charge in [0, 0.05) is 29.6 Å². The minimum Gasteiger partial charge on any atom is -0.454 e. The molecular weight excluding hydrogens is 345 g/mol. The van der Waals surface area contributed by atoms with Gasteiger partial charge in [-0.3, -0.25) is 4.79 Å². The van der Waals surface area contributed by atoms with Crippen LogP contribution in [0.1, 0.15) is 23.5 Å². The number of benzene rings is 2. The zero-order valence-corrected chi connectivity index (χ0v) is 14.3. The number of ether oxygens (including phenoxy) is 2. The van der Waals surface area contributed by atoms with Crippen LogP contribution >= 0.6 is 11.6 Å². The molecule has 2 aromatic rings. The predicted molar refractivity (Wildman–Crippen MR) is 91.6 cm³/mol. The first-order chi connectivity index (χ1) is 12.1. The Kier molecular flexibility index (Phi) is 4.25. The summed E-state index contributed by atoms with van der Waals surface area (Å²) in [5, 5.41) is 0.292. The van der Waals surface area contributed by atoms with Crippen LogP contribution in [0.5, 0.6) is 11.5 Å². The van der Waals surface area contributed by atoms with E-state index in [1.807, 2.05) is 18.2 Å². The van der Waals surface area contributed by atoms with Gasteiger partial charge >= 0.3 is 0 Å². The van der Waals surface area contributed by atoms with Gasteiger partial charge in [-0.15, -0.1) is 0 Å². The van der Waals surface area contributed by atoms with Crippen molar-refractivity contribution in [1.29, 1.82) is 0 Å². The number of rotatable bonds is 3. The van der Waals surface area contributed by atoms with Crippen molar-refractivity contribution in [2.24, 2.45) is 0 Å². The molecule has 25 heavy (non-hydrogen) atoms. The van der Waals surface area contributed by atoms with Gasteiger partial charge in [0.15, 0.2) is 11.5 Å². The largest absolute Gasteiger partial charge is 0.454 e. The Morgan fingerprint density at radius 2 is 2.08 bits per heavy atom. The van der Waals surface area contributed by atoms with E-state index in [0.29, 0.717) is 18.1 Å². The number of nitrogens with zero attached hydrogens (tertiary/aromatic N) is 1. The van der Waals surface area contributed by atoms with Gasteiger partial charge in [-0.1, -0.05) is 23.7 Å². The van der Waals surface area contributed by atoms with E-state index in [4.69, 9.17) is 21.1 Å². The molecule has 2 aliphatic heterocycles. The van der Waals surface area contributed by atoms with Gasteiger partial charge in [-0.25, -0.2) is 4.39 Å². The Morgan fingerprint density at radius 3 is 2.92 bits per heavy atom. The molecule has 1 fully saturated rings. The third kappa shape index (κ3) is 3.16. The van der Waals surface area contributed by atoms with Gasteiger partial charge in [0.1, 0.15) is 5.82 Å². The summed E-state index contributed by atoms with van der Waals surface area (Å²) in [5.74, 6) is 1.21. The smallest absolute Gasteiger partial charge is 0.231 e. The number of hydrogen-bond acceptors (Lipinski definition) is 3. The first kappa shape index (κ1) is 16.2. The second-order valence-electron chi connectivity index (χ2n) is 6.32. The SMILES string of the molecule is O=C(Cc1c(F)cccc1Cl)N1CCC(c2ccc3c(c2)OCO3)C1. The van der Waals surface area contributed by atoms with Crippen molar-refractivity contribution in [1.82, 2.24) is 4.90 Å². The molecular formula is C19H17ClFNO3. The first-order valence-corrected chi connectivity index (χ1v) is 8.60. The Hall–Kier alpha value is -2.27. The first-order valence-electron chi connectivity index (χ1n) is 8.22. The summed E-state index contributed by atoms with van der Waals surface area (Å²) in [4.78, 5) is 14.3. The molecule has 2 heterocycles. The fourth-order valence-electron chi connectivity index (χ4n) is 3.39. The molecule has 0 radical (unpaired) electrons. The number of hydrogen-bond donors (Lipinski definition) is 0. The Balaban J connectivity index is 1.44. The average Bonchev–Trinajstić information content (AvgIpc) is 3.26. The molecule has 1 saturated heterocycles. The van der Waals surface area contributed by atoms with E-state index in [1.165, 1.54) is 12.1 Å². The molecule has 0 saturated carbocycles. The summed E-state index contributed by atoms with van der Waals surface area (Å²) in [6.07, 6.45) is 0.857. The van der Waals surface area contributed by atoms with Crippen LogP contribution in [0.2, 0.25) is 5.02 Å². The van der Waals surface area contributed by atoms with Crippen LogP contribution in [-0.2, 0) is 11.2 Å². The second kappa shape index (κ2) is 6.56. The summed E-state index contributed by atoms with van der Waals surface area (Å²) in [5.41, 5.74) is 1.39. The van der Waals surface area contributed by atoms with Crippen LogP contribution in [0.15, 0.2) is 36.4 Å². The van der Waals surface area contributed by atoms with Crippen LogP contribution in [0.25, 0.3) is 0 Å². The molecule has 130 valence electrons. The Morgan fingerprint density at radius 1 is 1.24 bits per heavy atom. The molecule has 0 aromatic heterocycles. The van der Waals surface area contributed by atoms with Crippen LogP contribution in [0, 0.1) is 5.82 Å². The van der Waals surface area contributed by atoms with Crippen molar-refractivity contribution in [3.05, 3.63) is 58.4 Å². The average molecular weight is 362 g/mol. The number of carbonyl (C=O) groups is 1. The van der Waals surface area contributed by atoms with Gasteiger partial charge in [0.25, 0.3) is 0 Å². The molecule has 4 rings (SSSR count). The van der Waals surface area contributed by atoms with Gasteiger partial charge in [-0.2, -0.15) is 0 Å². The van der Waals surface area contributed by atoms with Gasteiger partial charge in [0.2, 0.25) is 12.7 Å². The lowest BCUT2D eigenvalue weighted by Gasteiger charge is -2.17. The van der Waals surface area contributed by atoms with Crippen molar-refractivity contribution < 1.29 is 18.7 Å². The maximum Gasteiger partial charge on any atom is 0.231 e. The second-order valence-corrected chi connectivity index (χ2v) is 6.72. The summed E-state index contributed by atoms with van der Waals surface area (Å²) < 4.78 is 24.6. The number of halogens is 2. The predicted octanol–water partition coefficient (Wildman–Crippen LogP) is 3.77. The van der Waals surface area contributed by atoms with E-state index >= 15 is 0 Å². The summed E-state index contributed by atoms with van der Waals surface area (Å²) in [6.45, 7) is 1.52. The standard InChI is InChI=1S/C19H17ClFNO3/c20-15-2-1-3-16(21)14(15)9-19(23)22-7-6-13(10-22)12-4-5-17-18(8-12)25-11-24-17/h1-5,8,13H,6-7,9-11H2. The van der Waals surface area contributed by atoms with E-state index in [9.17, 15) is 9.18 Å². The molecule has 2 aliphatic rings. The highest BCUT2D eigenvalue weighted by molar-refractivity contribution is 6.31. The maximum absolute atomic E-state index is 13.9. The normalized spacial score (nSPS) is 18.6. The summed E-state index contributed by atoms with van der Waals surface area (Å²) in [6, 6.07) is 10.4. The fourth-order valence-corrected chi connectivity index (χ4v) is 3.62.